The molecular weight excluding hydrogens is 306 g/mol. The van der Waals surface area contributed by atoms with Crippen molar-refractivity contribution in [1.82, 2.24) is 5.32 Å². The van der Waals surface area contributed by atoms with E-state index in [9.17, 15) is 4.79 Å². The van der Waals surface area contributed by atoms with Gasteiger partial charge in [-0.15, -0.1) is 0 Å². The number of para-hydroxylation sites is 1. The molecule has 0 aliphatic carbocycles. The van der Waals surface area contributed by atoms with Gasteiger partial charge in [-0.25, -0.2) is 0 Å². The minimum absolute atomic E-state index is 0.187. The Labute approximate surface area is 140 Å². The van der Waals surface area contributed by atoms with E-state index in [1.807, 2.05) is 31.2 Å². The Balaban J connectivity index is 1.45. The Kier molecular flexibility index (Phi) is 4.87. The van der Waals surface area contributed by atoms with Crippen LogP contribution in [0, 0.1) is 18.8 Å². The third kappa shape index (κ3) is 3.79. The fourth-order valence-electron chi connectivity index (χ4n) is 2.21. The molecule has 0 bridgehead atoms. The Morgan fingerprint density at radius 3 is 2.88 bits per heavy atom. The monoisotopic (exact) mass is 323 g/mol. The molecule has 1 heterocycles. The van der Waals surface area contributed by atoms with Crippen LogP contribution in [0.5, 0.6) is 17.2 Å². The SMILES string of the molecule is Cc1ccccc1OCC#CCNC(=O)c1ccc2c(c1)OCO2. The first kappa shape index (κ1) is 15.8. The van der Waals surface area contributed by atoms with Crippen molar-refractivity contribution in [1.29, 1.82) is 0 Å². The lowest BCUT2D eigenvalue weighted by Gasteiger charge is -2.04. The fourth-order valence-corrected chi connectivity index (χ4v) is 2.21. The first-order chi connectivity index (χ1) is 11.7. The van der Waals surface area contributed by atoms with Gasteiger partial charge in [-0.3, -0.25) is 4.79 Å². The minimum Gasteiger partial charge on any atom is -0.481 e. The molecule has 0 radical (unpaired) electrons. The van der Waals surface area contributed by atoms with Crippen LogP contribution in [-0.2, 0) is 0 Å². The predicted molar refractivity (Wildman–Crippen MR) is 89.3 cm³/mol. The maximum atomic E-state index is 12.0. The predicted octanol–water partition coefficient (Wildman–Crippen LogP) is 2.54. The van der Waals surface area contributed by atoms with Crippen molar-refractivity contribution in [3.05, 3.63) is 53.6 Å². The summed E-state index contributed by atoms with van der Waals surface area (Å²) in [4.78, 5) is 12.0. The summed E-state index contributed by atoms with van der Waals surface area (Å²) >= 11 is 0. The van der Waals surface area contributed by atoms with Crippen molar-refractivity contribution in [2.24, 2.45) is 0 Å². The molecule has 1 aliphatic heterocycles. The number of aryl methyl sites for hydroxylation is 1. The topological polar surface area (TPSA) is 56.8 Å². The van der Waals surface area contributed by atoms with Gasteiger partial charge in [0.15, 0.2) is 11.5 Å². The minimum atomic E-state index is -0.206. The normalized spacial score (nSPS) is 11.4. The third-order valence-corrected chi connectivity index (χ3v) is 3.49. The molecule has 0 atom stereocenters. The molecule has 0 saturated carbocycles. The van der Waals surface area contributed by atoms with Crippen molar-refractivity contribution >= 4 is 5.91 Å². The molecule has 1 amide bonds. The van der Waals surface area contributed by atoms with Crippen molar-refractivity contribution in [2.45, 2.75) is 6.92 Å². The largest absolute Gasteiger partial charge is 0.481 e. The average Bonchev–Trinajstić information content (AvgIpc) is 3.07. The summed E-state index contributed by atoms with van der Waals surface area (Å²) in [6.07, 6.45) is 0. The summed E-state index contributed by atoms with van der Waals surface area (Å²) < 4.78 is 16.0. The second-order valence-electron chi connectivity index (χ2n) is 5.16. The van der Waals surface area contributed by atoms with E-state index >= 15 is 0 Å². The van der Waals surface area contributed by atoms with Gasteiger partial charge in [0.1, 0.15) is 12.4 Å². The maximum absolute atomic E-state index is 12.0. The lowest BCUT2D eigenvalue weighted by Crippen LogP contribution is -2.23. The summed E-state index contributed by atoms with van der Waals surface area (Å²) in [5.41, 5.74) is 1.58. The zero-order chi connectivity index (χ0) is 16.8. The quantitative estimate of drug-likeness (QED) is 0.879. The Bertz CT molecular complexity index is 804. The van der Waals surface area contributed by atoms with Gasteiger partial charge < -0.3 is 19.5 Å². The van der Waals surface area contributed by atoms with Gasteiger partial charge in [-0.2, -0.15) is 0 Å². The van der Waals surface area contributed by atoms with Crippen LogP contribution in [0.4, 0.5) is 0 Å². The summed E-state index contributed by atoms with van der Waals surface area (Å²) in [5, 5.41) is 2.74. The lowest BCUT2D eigenvalue weighted by atomic mass is 10.2. The zero-order valence-corrected chi connectivity index (χ0v) is 13.3. The molecule has 122 valence electrons. The van der Waals surface area contributed by atoms with Crippen LogP contribution in [0.2, 0.25) is 0 Å². The first-order valence-electron chi connectivity index (χ1n) is 7.56. The van der Waals surface area contributed by atoms with Crippen LogP contribution in [0.15, 0.2) is 42.5 Å². The summed E-state index contributed by atoms with van der Waals surface area (Å²) in [6.45, 7) is 2.70. The molecule has 2 aromatic rings. The van der Waals surface area contributed by atoms with Gasteiger partial charge in [0.2, 0.25) is 6.79 Å². The second kappa shape index (κ2) is 7.42. The van der Waals surface area contributed by atoms with Gasteiger partial charge in [0, 0.05) is 5.56 Å². The molecule has 0 unspecified atom stereocenters. The van der Waals surface area contributed by atoms with E-state index in [0.29, 0.717) is 17.1 Å². The molecule has 24 heavy (non-hydrogen) atoms. The Hall–Kier alpha value is -3.13. The van der Waals surface area contributed by atoms with Gasteiger partial charge >= 0.3 is 0 Å². The number of carbonyl (C=O) groups excluding carboxylic acids is 1. The van der Waals surface area contributed by atoms with Crippen molar-refractivity contribution in [2.75, 3.05) is 19.9 Å². The van der Waals surface area contributed by atoms with E-state index in [2.05, 4.69) is 17.2 Å². The molecule has 5 nitrogen and oxygen atoms in total. The van der Waals surface area contributed by atoms with Gasteiger partial charge in [0.05, 0.1) is 6.54 Å². The average molecular weight is 323 g/mol. The molecule has 1 N–H and O–H groups in total. The number of amides is 1. The molecule has 2 aromatic carbocycles. The number of hydrogen-bond acceptors (Lipinski definition) is 4. The molecule has 0 aromatic heterocycles. The smallest absolute Gasteiger partial charge is 0.252 e. The van der Waals surface area contributed by atoms with E-state index in [0.717, 1.165) is 11.3 Å². The highest BCUT2D eigenvalue weighted by atomic mass is 16.7. The van der Waals surface area contributed by atoms with Crippen LogP contribution in [0.3, 0.4) is 0 Å². The highest BCUT2D eigenvalue weighted by Crippen LogP contribution is 2.32. The number of hydrogen-bond donors (Lipinski definition) is 1. The van der Waals surface area contributed by atoms with Crippen LogP contribution < -0.4 is 19.5 Å². The molecule has 1 aliphatic rings. The van der Waals surface area contributed by atoms with E-state index in [-0.39, 0.29) is 25.9 Å². The Morgan fingerprint density at radius 2 is 2.00 bits per heavy atom. The van der Waals surface area contributed by atoms with Crippen molar-refractivity contribution in [3.63, 3.8) is 0 Å². The van der Waals surface area contributed by atoms with Gasteiger partial charge in [-0.05, 0) is 36.8 Å². The number of rotatable bonds is 4. The number of benzene rings is 2. The lowest BCUT2D eigenvalue weighted by molar-refractivity contribution is 0.0958. The summed E-state index contributed by atoms with van der Waals surface area (Å²) in [6, 6.07) is 12.8. The van der Waals surface area contributed by atoms with Gasteiger partial charge in [-0.1, -0.05) is 30.0 Å². The maximum Gasteiger partial charge on any atom is 0.252 e. The van der Waals surface area contributed by atoms with E-state index in [1.165, 1.54) is 0 Å². The van der Waals surface area contributed by atoms with Crippen LogP contribution in [0.25, 0.3) is 0 Å². The Morgan fingerprint density at radius 1 is 1.17 bits per heavy atom. The van der Waals surface area contributed by atoms with Crippen LogP contribution in [0.1, 0.15) is 15.9 Å². The molecule has 0 saturated heterocycles. The number of carbonyl (C=O) groups is 1. The molecule has 3 rings (SSSR count). The molecular formula is C19H17NO4. The highest BCUT2D eigenvalue weighted by Gasteiger charge is 2.15. The van der Waals surface area contributed by atoms with Crippen LogP contribution in [-0.4, -0.2) is 25.9 Å². The summed E-state index contributed by atoms with van der Waals surface area (Å²) in [7, 11) is 0. The second-order valence-corrected chi connectivity index (χ2v) is 5.16. The first-order valence-corrected chi connectivity index (χ1v) is 7.56. The van der Waals surface area contributed by atoms with Crippen molar-refractivity contribution < 1.29 is 19.0 Å². The standard InChI is InChI=1S/C19H17NO4/c1-14-6-2-3-7-16(14)22-11-5-4-10-20-19(21)15-8-9-17-18(12-15)24-13-23-17/h2-3,6-9,12H,10-11,13H2,1H3,(H,20,21). The molecule has 5 heteroatoms. The van der Waals surface area contributed by atoms with Crippen LogP contribution >= 0.6 is 0 Å². The molecule has 0 fully saturated rings. The van der Waals surface area contributed by atoms with Crippen molar-refractivity contribution in [3.8, 4) is 29.1 Å². The highest BCUT2D eigenvalue weighted by molar-refractivity contribution is 5.95. The summed E-state index contributed by atoms with van der Waals surface area (Å²) in [5.74, 6) is 7.59. The number of ether oxygens (including phenoxy) is 3. The van der Waals surface area contributed by atoms with E-state index in [4.69, 9.17) is 14.2 Å². The third-order valence-electron chi connectivity index (χ3n) is 3.49. The zero-order valence-electron chi connectivity index (χ0n) is 13.3. The van der Waals surface area contributed by atoms with E-state index in [1.54, 1.807) is 18.2 Å². The van der Waals surface area contributed by atoms with Gasteiger partial charge in [0.25, 0.3) is 5.91 Å². The number of nitrogens with one attached hydrogen (secondary N) is 1. The van der Waals surface area contributed by atoms with E-state index < -0.39 is 0 Å². The molecule has 0 spiro atoms. The number of fused-ring (bicyclic) bond motifs is 1. The fraction of sp³-hybridized carbons (Fsp3) is 0.211.